The lowest BCUT2D eigenvalue weighted by atomic mass is 10.1. The van der Waals surface area contributed by atoms with Gasteiger partial charge in [-0.2, -0.15) is 13.2 Å². The van der Waals surface area contributed by atoms with Gasteiger partial charge in [-0.1, -0.05) is 17.3 Å². The molecule has 7 nitrogen and oxygen atoms in total. The third-order valence-electron chi connectivity index (χ3n) is 3.38. The number of hydrogen-bond donors (Lipinski definition) is 2. The van der Waals surface area contributed by atoms with Gasteiger partial charge < -0.3 is 10.6 Å². The highest BCUT2D eigenvalue weighted by Crippen LogP contribution is 2.34. The van der Waals surface area contributed by atoms with Crippen LogP contribution in [-0.2, 0) is 12.7 Å². The molecule has 0 aliphatic rings. The molecule has 0 fully saturated rings. The van der Waals surface area contributed by atoms with Crippen LogP contribution in [0.2, 0.25) is 0 Å². The molecule has 10 heteroatoms. The number of carbonyl (C=O) groups excluding carboxylic acids is 1. The first-order valence-corrected chi connectivity index (χ1v) is 7.46. The molecular weight excluding hydrogens is 349 g/mol. The molecule has 0 aliphatic heterocycles. The molecule has 0 atom stereocenters. The first-order valence-electron chi connectivity index (χ1n) is 7.46. The lowest BCUT2D eigenvalue weighted by Gasteiger charge is -2.13. The zero-order chi connectivity index (χ0) is 18.6. The Morgan fingerprint density at radius 3 is 2.58 bits per heavy atom. The highest BCUT2D eigenvalue weighted by Gasteiger charge is 2.33. The summed E-state index contributed by atoms with van der Waals surface area (Å²) in [7, 11) is 0. The zero-order valence-electron chi connectivity index (χ0n) is 13.2. The number of carbonyl (C=O) groups is 1. The van der Waals surface area contributed by atoms with Gasteiger partial charge in [-0.3, -0.25) is 4.98 Å². The number of nitrogens with zero attached hydrogens (tertiary/aromatic N) is 4. The fraction of sp³-hybridized carbons (Fsp3) is 0.125. The number of para-hydroxylation sites is 1. The van der Waals surface area contributed by atoms with E-state index >= 15 is 0 Å². The average molecular weight is 362 g/mol. The van der Waals surface area contributed by atoms with Crippen molar-refractivity contribution in [3.8, 4) is 5.69 Å². The molecule has 0 radical (unpaired) electrons. The summed E-state index contributed by atoms with van der Waals surface area (Å²) in [4.78, 5) is 15.8. The van der Waals surface area contributed by atoms with E-state index < -0.39 is 17.8 Å². The van der Waals surface area contributed by atoms with Gasteiger partial charge in [0.2, 0.25) is 0 Å². The van der Waals surface area contributed by atoms with E-state index in [2.05, 4.69) is 25.9 Å². The van der Waals surface area contributed by atoms with Gasteiger partial charge in [0.1, 0.15) is 5.69 Å². The molecule has 0 unspecified atom stereocenters. The van der Waals surface area contributed by atoms with Gasteiger partial charge in [-0.15, -0.1) is 5.10 Å². The maximum absolute atomic E-state index is 12.9. The molecule has 2 heterocycles. The van der Waals surface area contributed by atoms with Crippen molar-refractivity contribution in [1.82, 2.24) is 25.3 Å². The summed E-state index contributed by atoms with van der Waals surface area (Å²) in [6, 6.07) is 7.42. The number of urea groups is 1. The van der Waals surface area contributed by atoms with Crippen molar-refractivity contribution in [2.45, 2.75) is 12.7 Å². The van der Waals surface area contributed by atoms with E-state index in [9.17, 15) is 18.0 Å². The predicted molar refractivity (Wildman–Crippen MR) is 86.5 cm³/mol. The highest BCUT2D eigenvalue weighted by molar-refractivity contribution is 5.90. The van der Waals surface area contributed by atoms with Crippen LogP contribution in [0, 0.1) is 0 Å². The van der Waals surface area contributed by atoms with Crippen LogP contribution in [0.3, 0.4) is 0 Å². The number of alkyl halides is 3. The first kappa shape index (κ1) is 17.4. The summed E-state index contributed by atoms with van der Waals surface area (Å²) >= 11 is 0. The lowest BCUT2D eigenvalue weighted by molar-refractivity contribution is -0.136. The van der Waals surface area contributed by atoms with Gasteiger partial charge >= 0.3 is 12.2 Å². The van der Waals surface area contributed by atoms with Crippen molar-refractivity contribution >= 4 is 11.7 Å². The Balaban J connectivity index is 1.61. The summed E-state index contributed by atoms with van der Waals surface area (Å²) in [5.41, 5.74) is -0.0555. The van der Waals surface area contributed by atoms with Crippen LogP contribution in [0.15, 0.2) is 55.0 Å². The van der Waals surface area contributed by atoms with Crippen LogP contribution in [-0.4, -0.2) is 26.0 Å². The Bertz CT molecular complexity index is 894. The second-order valence-corrected chi connectivity index (χ2v) is 5.21. The van der Waals surface area contributed by atoms with Crippen LogP contribution >= 0.6 is 0 Å². The lowest BCUT2D eigenvalue weighted by Crippen LogP contribution is -2.29. The van der Waals surface area contributed by atoms with Crippen LogP contribution in [0.25, 0.3) is 5.69 Å². The summed E-state index contributed by atoms with van der Waals surface area (Å²) in [5, 5.41) is 12.4. The molecule has 2 N–H and O–H groups in total. The van der Waals surface area contributed by atoms with Gasteiger partial charge in [0.05, 0.1) is 29.7 Å². The minimum absolute atomic E-state index is 0.00506. The number of anilines is 1. The van der Waals surface area contributed by atoms with E-state index in [0.29, 0.717) is 5.69 Å². The predicted octanol–water partition coefficient (Wildman–Crippen LogP) is 3.00. The molecule has 0 saturated heterocycles. The number of halogens is 3. The fourth-order valence-electron chi connectivity index (χ4n) is 2.18. The molecule has 0 aliphatic carbocycles. The number of nitrogens with one attached hydrogen (secondary N) is 2. The second-order valence-electron chi connectivity index (χ2n) is 5.21. The fourth-order valence-corrected chi connectivity index (χ4v) is 2.18. The molecule has 2 amide bonds. The molecule has 26 heavy (non-hydrogen) atoms. The number of benzene rings is 1. The maximum atomic E-state index is 12.9. The largest absolute Gasteiger partial charge is 0.418 e. The average Bonchev–Trinajstić information content (AvgIpc) is 3.09. The standard InChI is InChI=1S/C16H13F3N6O/c17-16(18,19)13-3-1-2-4-14(13)22-15(26)21-9-11-10-25(24-23-11)12-5-7-20-8-6-12/h1-8,10H,9H2,(H2,21,22,26). The number of amides is 2. The van der Waals surface area contributed by atoms with E-state index in [1.54, 1.807) is 30.7 Å². The molecule has 134 valence electrons. The first-order chi connectivity index (χ1) is 12.4. The summed E-state index contributed by atoms with van der Waals surface area (Å²) in [5.74, 6) is 0. The summed E-state index contributed by atoms with van der Waals surface area (Å²) < 4.78 is 40.2. The molecule has 1 aromatic carbocycles. The number of hydrogen-bond acceptors (Lipinski definition) is 4. The highest BCUT2D eigenvalue weighted by atomic mass is 19.4. The zero-order valence-corrected chi connectivity index (χ0v) is 13.2. The third-order valence-corrected chi connectivity index (χ3v) is 3.38. The van der Waals surface area contributed by atoms with E-state index in [4.69, 9.17) is 0 Å². The Kier molecular flexibility index (Phi) is 4.83. The number of aromatic nitrogens is 4. The van der Waals surface area contributed by atoms with Gasteiger partial charge in [0.15, 0.2) is 0 Å². The summed E-state index contributed by atoms with van der Waals surface area (Å²) in [6.07, 6.45) is 0.233. The van der Waals surface area contributed by atoms with E-state index in [1.807, 2.05) is 0 Å². The summed E-state index contributed by atoms with van der Waals surface area (Å²) in [6.45, 7) is 0.00506. The number of pyridine rings is 1. The van der Waals surface area contributed by atoms with Gasteiger partial charge in [-0.05, 0) is 24.3 Å². The van der Waals surface area contributed by atoms with Crippen LogP contribution in [0.1, 0.15) is 11.3 Å². The molecule has 2 aromatic heterocycles. The van der Waals surface area contributed by atoms with Crippen molar-refractivity contribution < 1.29 is 18.0 Å². The molecule has 3 aromatic rings. The maximum Gasteiger partial charge on any atom is 0.418 e. The molecule has 0 spiro atoms. The van der Waals surface area contributed by atoms with Crippen LogP contribution in [0.4, 0.5) is 23.7 Å². The minimum Gasteiger partial charge on any atom is -0.332 e. The molecular formula is C16H13F3N6O. The topological polar surface area (TPSA) is 84.7 Å². The van der Waals surface area contributed by atoms with E-state index in [0.717, 1.165) is 11.8 Å². The van der Waals surface area contributed by atoms with Crippen molar-refractivity contribution in [2.24, 2.45) is 0 Å². The van der Waals surface area contributed by atoms with E-state index in [1.165, 1.54) is 22.9 Å². The van der Waals surface area contributed by atoms with E-state index in [-0.39, 0.29) is 12.2 Å². The monoisotopic (exact) mass is 362 g/mol. The van der Waals surface area contributed by atoms with Crippen LogP contribution in [0.5, 0.6) is 0 Å². The SMILES string of the molecule is O=C(NCc1cn(-c2ccncc2)nn1)Nc1ccccc1C(F)(F)F. The second kappa shape index (κ2) is 7.21. The van der Waals surface area contributed by atoms with Crippen molar-refractivity contribution in [3.05, 3.63) is 66.2 Å². The Hall–Kier alpha value is -3.43. The molecule has 0 bridgehead atoms. The number of rotatable bonds is 4. The molecule has 3 rings (SSSR count). The molecule has 0 saturated carbocycles. The quantitative estimate of drug-likeness (QED) is 0.747. The third kappa shape index (κ3) is 4.15. The van der Waals surface area contributed by atoms with Crippen LogP contribution < -0.4 is 10.6 Å². The van der Waals surface area contributed by atoms with Crippen molar-refractivity contribution in [3.63, 3.8) is 0 Å². The minimum atomic E-state index is -4.56. The Labute approximate surface area is 145 Å². The van der Waals surface area contributed by atoms with Gasteiger partial charge in [-0.25, -0.2) is 9.48 Å². The Morgan fingerprint density at radius 2 is 1.85 bits per heavy atom. The Morgan fingerprint density at radius 1 is 1.12 bits per heavy atom. The smallest absolute Gasteiger partial charge is 0.332 e. The van der Waals surface area contributed by atoms with Crippen molar-refractivity contribution in [1.29, 1.82) is 0 Å². The van der Waals surface area contributed by atoms with Crippen molar-refractivity contribution in [2.75, 3.05) is 5.32 Å². The normalized spacial score (nSPS) is 11.2. The van der Waals surface area contributed by atoms with Gasteiger partial charge in [0, 0.05) is 12.4 Å². The van der Waals surface area contributed by atoms with Gasteiger partial charge in [0.25, 0.3) is 0 Å².